The summed E-state index contributed by atoms with van der Waals surface area (Å²) in [5, 5.41) is 7.00. The SMILES string of the molecule is COC(C(C)C(=O)NC(Cc1ccccc1Cl)C(=O)OC(C)(C)C)[C@@H]1C[C@@H]2C[C@@H]2N1. The molecule has 166 valence electrons. The first kappa shape index (κ1) is 23.0. The van der Waals surface area contributed by atoms with Crippen LogP contribution in [0.5, 0.6) is 0 Å². The number of rotatable bonds is 8. The molecule has 1 aromatic rings. The van der Waals surface area contributed by atoms with E-state index in [9.17, 15) is 9.59 Å². The Kier molecular flexibility index (Phi) is 7.10. The predicted octanol–water partition coefficient (Wildman–Crippen LogP) is 3.11. The second kappa shape index (κ2) is 9.25. The number of fused-ring (bicyclic) bond motifs is 1. The van der Waals surface area contributed by atoms with E-state index in [1.165, 1.54) is 6.42 Å². The predicted molar refractivity (Wildman–Crippen MR) is 116 cm³/mol. The van der Waals surface area contributed by atoms with Crippen molar-refractivity contribution in [2.24, 2.45) is 11.8 Å². The Morgan fingerprint density at radius 3 is 2.53 bits per heavy atom. The van der Waals surface area contributed by atoms with E-state index in [0.29, 0.717) is 17.0 Å². The van der Waals surface area contributed by atoms with Crippen molar-refractivity contribution in [1.29, 1.82) is 0 Å². The molecule has 2 fully saturated rings. The zero-order chi connectivity index (χ0) is 22.1. The number of carbonyl (C=O) groups excluding carboxylic acids is 2. The number of carbonyl (C=O) groups is 2. The van der Waals surface area contributed by atoms with Gasteiger partial charge < -0.3 is 20.1 Å². The van der Waals surface area contributed by atoms with Crippen LogP contribution in [-0.2, 0) is 25.5 Å². The molecule has 3 rings (SSSR count). The number of methoxy groups -OCH3 is 1. The summed E-state index contributed by atoms with van der Waals surface area (Å²) in [6.45, 7) is 7.26. The summed E-state index contributed by atoms with van der Waals surface area (Å²) < 4.78 is 11.2. The van der Waals surface area contributed by atoms with E-state index in [0.717, 1.165) is 12.0 Å². The monoisotopic (exact) mass is 436 g/mol. The molecule has 1 saturated carbocycles. The van der Waals surface area contributed by atoms with Crippen molar-refractivity contribution >= 4 is 23.5 Å². The van der Waals surface area contributed by atoms with Gasteiger partial charge in [0.05, 0.1) is 12.0 Å². The second-order valence-corrected chi connectivity index (χ2v) is 9.90. The van der Waals surface area contributed by atoms with Gasteiger partial charge in [-0.2, -0.15) is 0 Å². The molecule has 1 saturated heterocycles. The fourth-order valence-electron chi connectivity index (χ4n) is 4.23. The smallest absolute Gasteiger partial charge is 0.329 e. The molecule has 0 radical (unpaired) electrons. The topological polar surface area (TPSA) is 76.7 Å². The molecule has 1 aliphatic heterocycles. The largest absolute Gasteiger partial charge is 0.458 e. The van der Waals surface area contributed by atoms with Crippen LogP contribution in [0, 0.1) is 11.8 Å². The molecular formula is C23H33ClN2O4. The van der Waals surface area contributed by atoms with Crippen LogP contribution in [-0.4, -0.2) is 48.8 Å². The number of halogens is 1. The van der Waals surface area contributed by atoms with E-state index < -0.39 is 23.5 Å². The minimum atomic E-state index is -0.832. The third-order valence-corrected chi connectivity index (χ3v) is 6.24. The summed E-state index contributed by atoms with van der Waals surface area (Å²) >= 11 is 6.29. The maximum Gasteiger partial charge on any atom is 0.329 e. The zero-order valence-corrected chi connectivity index (χ0v) is 19.2. The van der Waals surface area contributed by atoms with Gasteiger partial charge in [0.25, 0.3) is 0 Å². The molecule has 1 aliphatic carbocycles. The molecule has 0 bridgehead atoms. The van der Waals surface area contributed by atoms with Crippen LogP contribution >= 0.6 is 11.6 Å². The van der Waals surface area contributed by atoms with Gasteiger partial charge in [-0.1, -0.05) is 36.7 Å². The second-order valence-electron chi connectivity index (χ2n) is 9.49. The minimum Gasteiger partial charge on any atom is -0.458 e. The first-order chi connectivity index (χ1) is 14.1. The normalized spacial score (nSPS) is 25.7. The van der Waals surface area contributed by atoms with Crippen LogP contribution in [0.15, 0.2) is 24.3 Å². The number of nitrogens with one attached hydrogen (secondary N) is 2. The quantitative estimate of drug-likeness (QED) is 0.612. The lowest BCUT2D eigenvalue weighted by Crippen LogP contribution is -2.52. The van der Waals surface area contributed by atoms with Crippen LogP contribution in [0.25, 0.3) is 0 Å². The standard InChI is InChI=1S/C23H33ClN2O4/c1-13(20(29-5)18-12-15-11-17(15)25-18)21(27)26-19(22(28)30-23(2,3)4)10-14-8-6-7-9-16(14)24/h6-9,13,15,17-20,25H,10-12H2,1-5H3,(H,26,27)/t13?,15-,17-,18-,19?,20?/m0/s1. The van der Waals surface area contributed by atoms with Crippen molar-refractivity contribution in [1.82, 2.24) is 10.6 Å². The first-order valence-electron chi connectivity index (χ1n) is 10.6. The van der Waals surface area contributed by atoms with Gasteiger partial charge in [-0.25, -0.2) is 4.79 Å². The number of ether oxygens (including phenoxy) is 2. The van der Waals surface area contributed by atoms with Gasteiger partial charge in [0.2, 0.25) is 5.91 Å². The van der Waals surface area contributed by atoms with E-state index >= 15 is 0 Å². The van der Waals surface area contributed by atoms with E-state index in [1.54, 1.807) is 33.9 Å². The Labute approximate surface area is 184 Å². The summed E-state index contributed by atoms with van der Waals surface area (Å²) in [4.78, 5) is 25.9. The molecule has 2 aliphatic rings. The number of hydrogen-bond acceptors (Lipinski definition) is 5. The molecule has 30 heavy (non-hydrogen) atoms. The Bertz CT molecular complexity index is 769. The van der Waals surface area contributed by atoms with E-state index in [4.69, 9.17) is 21.1 Å². The van der Waals surface area contributed by atoms with Crippen molar-refractivity contribution in [3.63, 3.8) is 0 Å². The highest BCUT2D eigenvalue weighted by Crippen LogP contribution is 2.42. The highest BCUT2D eigenvalue weighted by Gasteiger charge is 2.49. The van der Waals surface area contributed by atoms with Crippen molar-refractivity contribution in [2.75, 3.05) is 7.11 Å². The van der Waals surface area contributed by atoms with Crippen molar-refractivity contribution in [2.45, 2.75) is 76.8 Å². The maximum absolute atomic E-state index is 13.1. The summed E-state index contributed by atoms with van der Waals surface area (Å²) in [6.07, 6.45) is 2.25. The number of amides is 1. The molecule has 7 heteroatoms. The third kappa shape index (κ3) is 5.74. The molecule has 2 N–H and O–H groups in total. The number of esters is 1. The number of benzene rings is 1. The highest BCUT2D eigenvalue weighted by atomic mass is 35.5. The molecule has 6 nitrogen and oxygen atoms in total. The van der Waals surface area contributed by atoms with Gasteiger partial charge in [0.15, 0.2) is 0 Å². The van der Waals surface area contributed by atoms with Gasteiger partial charge in [0.1, 0.15) is 11.6 Å². The minimum absolute atomic E-state index is 0.156. The molecule has 3 unspecified atom stereocenters. The van der Waals surface area contributed by atoms with Gasteiger partial charge >= 0.3 is 5.97 Å². The van der Waals surface area contributed by atoms with Crippen molar-refractivity contribution in [3.8, 4) is 0 Å². The fraction of sp³-hybridized carbons (Fsp3) is 0.652. The Morgan fingerprint density at radius 2 is 1.97 bits per heavy atom. The van der Waals surface area contributed by atoms with Crippen LogP contribution in [0.1, 0.15) is 46.1 Å². The Hall–Kier alpha value is -1.63. The lowest BCUT2D eigenvalue weighted by Gasteiger charge is -2.30. The summed E-state index contributed by atoms with van der Waals surface area (Å²) in [5.41, 5.74) is 0.125. The summed E-state index contributed by atoms with van der Waals surface area (Å²) in [5.74, 6) is -0.414. The lowest BCUT2D eigenvalue weighted by atomic mass is 9.94. The molecular weight excluding hydrogens is 404 g/mol. The van der Waals surface area contributed by atoms with E-state index in [1.807, 2.05) is 25.1 Å². The molecule has 1 heterocycles. The van der Waals surface area contributed by atoms with Crippen molar-refractivity contribution < 1.29 is 19.1 Å². The molecule has 6 atom stereocenters. The summed E-state index contributed by atoms with van der Waals surface area (Å²) in [7, 11) is 1.63. The Balaban J connectivity index is 1.70. The molecule has 0 aromatic heterocycles. The van der Waals surface area contributed by atoms with Gasteiger partial charge in [-0.15, -0.1) is 0 Å². The first-order valence-corrected chi connectivity index (χ1v) is 11.0. The van der Waals surface area contributed by atoms with Gasteiger partial charge in [-0.05, 0) is 51.2 Å². The van der Waals surface area contributed by atoms with Crippen LogP contribution in [0.4, 0.5) is 0 Å². The number of hydrogen-bond donors (Lipinski definition) is 2. The molecule has 0 spiro atoms. The van der Waals surface area contributed by atoms with Crippen LogP contribution in [0.3, 0.4) is 0 Å². The molecule has 1 amide bonds. The molecule has 1 aromatic carbocycles. The Morgan fingerprint density at radius 1 is 1.27 bits per heavy atom. The van der Waals surface area contributed by atoms with Crippen LogP contribution in [0.2, 0.25) is 5.02 Å². The third-order valence-electron chi connectivity index (χ3n) is 5.87. The summed E-state index contributed by atoms with van der Waals surface area (Å²) in [6, 6.07) is 7.20. The zero-order valence-electron chi connectivity index (χ0n) is 18.4. The fourth-order valence-corrected chi connectivity index (χ4v) is 4.44. The van der Waals surface area contributed by atoms with Crippen molar-refractivity contribution in [3.05, 3.63) is 34.9 Å². The van der Waals surface area contributed by atoms with E-state index in [-0.39, 0.29) is 24.5 Å². The number of piperidine rings is 1. The highest BCUT2D eigenvalue weighted by molar-refractivity contribution is 6.31. The average molecular weight is 437 g/mol. The average Bonchev–Trinajstić information content (AvgIpc) is 3.27. The maximum atomic E-state index is 13.1. The van der Waals surface area contributed by atoms with E-state index in [2.05, 4.69) is 10.6 Å². The van der Waals surface area contributed by atoms with Gasteiger partial charge in [0, 0.05) is 30.6 Å². The van der Waals surface area contributed by atoms with Gasteiger partial charge in [-0.3, -0.25) is 4.79 Å². The lowest BCUT2D eigenvalue weighted by molar-refractivity contribution is -0.159. The van der Waals surface area contributed by atoms with Crippen LogP contribution < -0.4 is 10.6 Å².